The van der Waals surface area contributed by atoms with Gasteiger partial charge < -0.3 is 19.7 Å². The average Bonchev–Trinajstić information content (AvgIpc) is 3.40. The van der Waals surface area contributed by atoms with Gasteiger partial charge in [-0.25, -0.2) is 19.6 Å². The maximum atomic E-state index is 12.0. The van der Waals surface area contributed by atoms with Gasteiger partial charge in [-0.2, -0.15) is 0 Å². The summed E-state index contributed by atoms with van der Waals surface area (Å²) in [7, 11) is 1.22. The Labute approximate surface area is 163 Å². The van der Waals surface area contributed by atoms with Crippen molar-refractivity contribution in [1.82, 2.24) is 9.97 Å². The van der Waals surface area contributed by atoms with Crippen molar-refractivity contribution >= 4 is 27.9 Å². The van der Waals surface area contributed by atoms with Crippen molar-refractivity contribution in [2.45, 2.75) is 12.8 Å². The molecule has 2 atom stereocenters. The largest absolute Gasteiger partial charge is 0.505 e. The molecule has 3 rings (SSSR count). The lowest BCUT2D eigenvalue weighted by Crippen LogP contribution is -2.11. The predicted molar refractivity (Wildman–Crippen MR) is 96.4 cm³/mol. The molecule has 1 fully saturated rings. The van der Waals surface area contributed by atoms with Crippen molar-refractivity contribution in [3.05, 3.63) is 46.0 Å². The van der Waals surface area contributed by atoms with Crippen molar-refractivity contribution in [2.24, 2.45) is 11.8 Å². The van der Waals surface area contributed by atoms with Crippen molar-refractivity contribution in [3.63, 3.8) is 0 Å². The van der Waals surface area contributed by atoms with Gasteiger partial charge >= 0.3 is 11.9 Å². The lowest BCUT2D eigenvalue weighted by atomic mass is 10.1. The summed E-state index contributed by atoms with van der Waals surface area (Å²) in [4.78, 5) is 31.7. The number of hydrogen-bond acceptors (Lipinski definition) is 8. The van der Waals surface area contributed by atoms with Crippen LogP contribution in [0.15, 0.2) is 28.9 Å². The summed E-state index contributed by atoms with van der Waals surface area (Å²) >= 11 is 3.14. The van der Waals surface area contributed by atoms with E-state index in [2.05, 4.69) is 30.6 Å². The number of ether oxygens (including phenoxy) is 2. The van der Waals surface area contributed by atoms with Gasteiger partial charge in [-0.05, 0) is 64.9 Å². The van der Waals surface area contributed by atoms with Gasteiger partial charge in [-0.1, -0.05) is 0 Å². The highest BCUT2D eigenvalue weighted by molar-refractivity contribution is 9.10. The van der Waals surface area contributed by atoms with E-state index in [-0.39, 0.29) is 41.3 Å². The zero-order valence-corrected chi connectivity index (χ0v) is 16.0. The topological polar surface area (TPSA) is 119 Å². The normalized spacial score (nSPS) is 18.0. The Hall–Kier alpha value is -2.68. The summed E-state index contributed by atoms with van der Waals surface area (Å²) in [5.41, 5.74) is 0.401. The van der Waals surface area contributed by atoms with E-state index >= 15 is 0 Å². The lowest BCUT2D eigenvalue weighted by Gasteiger charge is -2.07. The third kappa shape index (κ3) is 4.54. The third-order valence-corrected chi connectivity index (χ3v) is 4.75. The van der Waals surface area contributed by atoms with E-state index in [0.717, 1.165) is 6.42 Å². The van der Waals surface area contributed by atoms with Crippen LogP contribution >= 0.6 is 15.9 Å². The number of pyridine rings is 2. The SMILES string of the molecule is COC(=O)c1nc(CC2C[C@@H]2COC(=O)c2nc(Br)ccc2O)ccc1O. The first-order chi connectivity index (χ1) is 12.9. The maximum absolute atomic E-state index is 12.0. The van der Waals surface area contributed by atoms with E-state index in [1.807, 2.05) is 0 Å². The highest BCUT2D eigenvalue weighted by Crippen LogP contribution is 2.41. The van der Waals surface area contributed by atoms with Gasteiger partial charge in [0.2, 0.25) is 0 Å². The first kappa shape index (κ1) is 19.1. The fourth-order valence-corrected chi connectivity index (χ4v) is 3.02. The standard InChI is InChI=1S/C18H17BrN2O6/c1-26-17(24)15-12(22)3-2-11(20-15)7-9-6-10(9)8-27-18(25)16-13(23)4-5-14(19)21-16/h2-5,9-10,22-23H,6-8H2,1H3/t9?,10-/m1/s1. The van der Waals surface area contributed by atoms with E-state index in [0.29, 0.717) is 16.7 Å². The van der Waals surface area contributed by atoms with Gasteiger partial charge in [0.15, 0.2) is 11.4 Å². The Balaban J connectivity index is 1.54. The first-order valence-electron chi connectivity index (χ1n) is 8.19. The van der Waals surface area contributed by atoms with Crippen LogP contribution in [0.25, 0.3) is 0 Å². The summed E-state index contributed by atoms with van der Waals surface area (Å²) in [6.45, 7) is 0.207. The first-order valence-corrected chi connectivity index (χ1v) is 8.98. The Morgan fingerprint density at radius 2 is 1.74 bits per heavy atom. The molecule has 2 aromatic heterocycles. The second-order valence-electron chi connectivity index (χ2n) is 6.22. The molecule has 0 saturated heterocycles. The summed E-state index contributed by atoms with van der Waals surface area (Å²) in [5, 5.41) is 19.4. The average molecular weight is 437 g/mol. The Morgan fingerprint density at radius 1 is 1.07 bits per heavy atom. The van der Waals surface area contributed by atoms with E-state index in [9.17, 15) is 19.8 Å². The van der Waals surface area contributed by atoms with Gasteiger partial charge in [-0.3, -0.25) is 0 Å². The summed E-state index contributed by atoms with van der Waals surface area (Å²) in [6.07, 6.45) is 1.44. The highest BCUT2D eigenvalue weighted by atomic mass is 79.9. The molecular formula is C18H17BrN2O6. The van der Waals surface area contributed by atoms with Crippen molar-refractivity contribution in [3.8, 4) is 11.5 Å². The zero-order chi connectivity index (χ0) is 19.6. The van der Waals surface area contributed by atoms with Crippen LogP contribution in [0.3, 0.4) is 0 Å². The minimum Gasteiger partial charge on any atom is -0.505 e. The van der Waals surface area contributed by atoms with Crippen molar-refractivity contribution in [1.29, 1.82) is 0 Å². The number of nitrogens with zero attached hydrogens (tertiary/aromatic N) is 2. The van der Waals surface area contributed by atoms with Crippen LogP contribution in [0.2, 0.25) is 0 Å². The molecule has 0 amide bonds. The molecule has 9 heteroatoms. The number of methoxy groups -OCH3 is 1. The minimum atomic E-state index is -0.697. The number of rotatable bonds is 6. The number of esters is 2. The fourth-order valence-electron chi connectivity index (χ4n) is 2.72. The fraction of sp³-hybridized carbons (Fsp3) is 0.333. The van der Waals surface area contributed by atoms with Gasteiger partial charge in [-0.15, -0.1) is 0 Å². The molecule has 0 aromatic carbocycles. The van der Waals surface area contributed by atoms with Crippen molar-refractivity contribution < 1.29 is 29.3 Å². The van der Waals surface area contributed by atoms with Gasteiger partial charge in [0.25, 0.3) is 0 Å². The van der Waals surface area contributed by atoms with Crippen molar-refractivity contribution in [2.75, 3.05) is 13.7 Å². The van der Waals surface area contributed by atoms with Crippen LogP contribution in [0.1, 0.15) is 33.1 Å². The molecule has 1 aliphatic carbocycles. The summed E-state index contributed by atoms with van der Waals surface area (Å²) in [5.74, 6) is -1.43. The van der Waals surface area contributed by atoms with Gasteiger partial charge in [0, 0.05) is 5.69 Å². The molecule has 1 unspecified atom stereocenters. The van der Waals surface area contributed by atoms with Crippen LogP contribution in [0.4, 0.5) is 0 Å². The molecule has 0 spiro atoms. The monoisotopic (exact) mass is 436 g/mol. The molecule has 2 heterocycles. The molecule has 0 aliphatic heterocycles. The molecule has 0 bridgehead atoms. The van der Waals surface area contributed by atoms with Gasteiger partial charge in [0.1, 0.15) is 16.1 Å². The van der Waals surface area contributed by atoms with E-state index in [4.69, 9.17) is 4.74 Å². The summed E-state index contributed by atoms with van der Waals surface area (Å²) in [6, 6.07) is 5.94. The number of aromatic hydroxyl groups is 2. The quantitative estimate of drug-likeness (QED) is 0.523. The number of carbonyl (C=O) groups excluding carboxylic acids is 2. The smallest absolute Gasteiger partial charge is 0.360 e. The molecule has 2 aromatic rings. The molecule has 1 aliphatic rings. The van der Waals surface area contributed by atoms with E-state index in [1.54, 1.807) is 6.07 Å². The minimum absolute atomic E-state index is 0.116. The number of carbonyl (C=O) groups is 2. The molecule has 27 heavy (non-hydrogen) atoms. The second kappa shape index (κ2) is 7.91. The van der Waals surface area contributed by atoms with Crippen LogP contribution < -0.4 is 0 Å². The van der Waals surface area contributed by atoms with Gasteiger partial charge in [0.05, 0.1) is 13.7 Å². The molecule has 142 valence electrons. The number of aromatic nitrogens is 2. The molecular weight excluding hydrogens is 420 g/mol. The lowest BCUT2D eigenvalue weighted by molar-refractivity contribution is 0.0468. The molecule has 1 saturated carbocycles. The highest BCUT2D eigenvalue weighted by Gasteiger charge is 2.38. The van der Waals surface area contributed by atoms with Crippen LogP contribution in [-0.4, -0.2) is 45.8 Å². The van der Waals surface area contributed by atoms with Crippen LogP contribution in [0, 0.1) is 11.8 Å². The third-order valence-electron chi connectivity index (χ3n) is 4.31. The Bertz CT molecular complexity index is 888. The molecule has 8 nitrogen and oxygen atoms in total. The molecule has 0 radical (unpaired) electrons. The second-order valence-corrected chi connectivity index (χ2v) is 7.03. The Kier molecular flexibility index (Phi) is 5.59. The van der Waals surface area contributed by atoms with E-state index < -0.39 is 11.9 Å². The summed E-state index contributed by atoms with van der Waals surface area (Å²) < 4.78 is 10.3. The van der Waals surface area contributed by atoms with E-state index in [1.165, 1.54) is 25.3 Å². The number of hydrogen-bond donors (Lipinski definition) is 2. The van der Waals surface area contributed by atoms with Crippen LogP contribution in [-0.2, 0) is 15.9 Å². The number of halogens is 1. The van der Waals surface area contributed by atoms with Crippen LogP contribution in [0.5, 0.6) is 11.5 Å². The predicted octanol–water partition coefficient (Wildman–Crippen LogP) is 2.47. The zero-order valence-electron chi connectivity index (χ0n) is 14.4. The Morgan fingerprint density at radius 3 is 2.44 bits per heavy atom. The maximum Gasteiger partial charge on any atom is 0.360 e. The molecule has 2 N–H and O–H groups in total.